The van der Waals surface area contributed by atoms with Crippen molar-refractivity contribution in [3.8, 4) is 11.5 Å². The summed E-state index contributed by atoms with van der Waals surface area (Å²) in [5.41, 5.74) is 0.328. The molecule has 1 aromatic rings. The van der Waals surface area contributed by atoms with Crippen LogP contribution in [-0.4, -0.2) is 32.6 Å². The Morgan fingerprint density at radius 3 is 2.04 bits per heavy atom. The van der Waals surface area contributed by atoms with Crippen LogP contribution in [0.25, 0.3) is 0 Å². The Morgan fingerprint density at radius 1 is 1.04 bits per heavy atom. The maximum atomic E-state index is 13.4. The zero-order valence-electron chi connectivity index (χ0n) is 17.2. The molecule has 6 nitrogen and oxygen atoms in total. The molecule has 0 spiro atoms. The van der Waals surface area contributed by atoms with Gasteiger partial charge >= 0.3 is 15.1 Å². The molecule has 28 heavy (non-hydrogen) atoms. The van der Waals surface area contributed by atoms with Crippen LogP contribution in [0, 0.1) is 17.8 Å². The highest BCUT2D eigenvalue weighted by Gasteiger charge is 2.39. The number of esters is 1. The van der Waals surface area contributed by atoms with E-state index in [4.69, 9.17) is 18.8 Å². The van der Waals surface area contributed by atoms with E-state index in [0.29, 0.717) is 23.7 Å². The first-order chi connectivity index (χ1) is 13.5. The predicted octanol–water partition coefficient (Wildman–Crippen LogP) is 4.49. The molecule has 156 valence electrons. The molecule has 0 aliphatic heterocycles. The Morgan fingerprint density at radius 2 is 1.57 bits per heavy atom. The molecule has 7 heteroatoms. The minimum atomic E-state index is -0.806. The second-order valence-electron chi connectivity index (χ2n) is 7.30. The molecule has 2 rings (SSSR count). The van der Waals surface area contributed by atoms with Crippen LogP contribution in [0.1, 0.15) is 56.3 Å². The molecule has 0 amide bonds. The lowest BCUT2D eigenvalue weighted by atomic mass is 9.76. The number of ketones is 1. The fraction of sp³-hybridized carbons (Fsp3) is 0.619. The van der Waals surface area contributed by atoms with Crippen molar-refractivity contribution in [2.45, 2.75) is 46.0 Å². The molecule has 0 saturated heterocycles. The van der Waals surface area contributed by atoms with Crippen LogP contribution >= 0.6 is 9.12 Å². The number of carbonyl (C=O) groups excluding carboxylic acids is 2. The first kappa shape index (κ1) is 24.1. The molecule has 0 heterocycles. The summed E-state index contributed by atoms with van der Waals surface area (Å²) in [6.45, 7) is 4.28. The molecule has 2 atom stereocenters. The van der Waals surface area contributed by atoms with Crippen LogP contribution in [-0.2, 0) is 14.1 Å². The third-order valence-corrected chi connectivity index (χ3v) is 4.89. The van der Waals surface area contributed by atoms with Crippen molar-refractivity contribution in [2.75, 3.05) is 20.8 Å². The Kier molecular flexibility index (Phi) is 10.8. The van der Waals surface area contributed by atoms with E-state index in [2.05, 4.69) is 0 Å². The molecule has 2 unspecified atom stereocenters. The van der Waals surface area contributed by atoms with E-state index in [1.54, 1.807) is 18.2 Å². The van der Waals surface area contributed by atoms with Gasteiger partial charge in [-0.1, -0.05) is 43.7 Å². The van der Waals surface area contributed by atoms with Gasteiger partial charge in [0.25, 0.3) is 0 Å². The third-order valence-electron chi connectivity index (χ3n) is 4.89. The van der Waals surface area contributed by atoms with E-state index < -0.39 is 11.9 Å². The van der Waals surface area contributed by atoms with Gasteiger partial charge in [0.15, 0.2) is 5.78 Å². The number of hydrogen-bond acceptors (Lipinski definition) is 6. The number of carbonyl (C=O) groups is 2. The maximum Gasteiger partial charge on any atom is 0.317 e. The summed E-state index contributed by atoms with van der Waals surface area (Å²) in [5, 5.41) is 0. The first-order valence-electron chi connectivity index (χ1n) is 9.65. The van der Waals surface area contributed by atoms with E-state index in [9.17, 15) is 9.59 Å². The van der Waals surface area contributed by atoms with Gasteiger partial charge in [-0.25, -0.2) is 0 Å². The minimum absolute atomic E-state index is 0.00512. The summed E-state index contributed by atoms with van der Waals surface area (Å²) < 4.78 is 24.4. The van der Waals surface area contributed by atoms with Crippen LogP contribution in [0.3, 0.4) is 0 Å². The summed E-state index contributed by atoms with van der Waals surface area (Å²) in [6, 6.07) is 5.20. The van der Waals surface area contributed by atoms with Crippen LogP contribution in [0.5, 0.6) is 11.5 Å². The molecule has 1 fully saturated rings. The van der Waals surface area contributed by atoms with E-state index in [1.165, 1.54) is 23.3 Å². The number of methoxy groups -OCH3 is 2. The molecule has 1 aliphatic carbocycles. The van der Waals surface area contributed by atoms with E-state index in [0.717, 1.165) is 32.1 Å². The normalized spacial score (nSPS) is 15.2. The lowest BCUT2D eigenvalue weighted by molar-refractivity contribution is -0.149. The Hall–Kier alpha value is -1.94. The second kappa shape index (κ2) is 12.5. The van der Waals surface area contributed by atoms with Gasteiger partial charge in [-0.2, -0.15) is 0 Å². The zero-order chi connectivity index (χ0) is 21.1. The standard InChI is InChI=1S/C21H30O5.H2OP/c1-14(2)13-26-21(23)18(15-9-6-5-7-10-15)20(22)19-16(24-3)11-8-12-17(19)25-4;1-2/h8,11-12,14-15,18H,5-7,9-10,13H2,1-4H3;2H2/q;+1. The summed E-state index contributed by atoms with van der Waals surface area (Å²) in [4.78, 5) is 26.3. The average Bonchev–Trinajstić information content (AvgIpc) is 2.73. The Balaban J connectivity index is 0.00000190. The number of hydrogen-bond donors (Lipinski definition) is 0. The van der Waals surface area contributed by atoms with Crippen molar-refractivity contribution in [1.82, 2.24) is 0 Å². The van der Waals surface area contributed by atoms with E-state index >= 15 is 0 Å². The van der Waals surface area contributed by atoms with Gasteiger partial charge in [-0.05, 0) is 36.8 Å². The van der Waals surface area contributed by atoms with Gasteiger partial charge in [0.2, 0.25) is 0 Å². The molecule has 1 aliphatic rings. The predicted molar refractivity (Wildman–Crippen MR) is 110 cm³/mol. The second-order valence-corrected chi connectivity index (χ2v) is 7.30. The molecule has 0 radical (unpaired) electrons. The molecule has 1 aromatic carbocycles. The Bertz CT molecular complexity index is 618. The van der Waals surface area contributed by atoms with Crippen molar-refractivity contribution < 1.29 is 28.4 Å². The summed E-state index contributed by atoms with van der Waals surface area (Å²) in [5.74, 6) is -0.422. The van der Waals surface area contributed by atoms with Crippen LogP contribution in [0.15, 0.2) is 18.2 Å². The molecule has 0 aromatic heterocycles. The smallest absolute Gasteiger partial charge is 0.317 e. The van der Waals surface area contributed by atoms with Gasteiger partial charge in [0.1, 0.15) is 23.0 Å². The summed E-state index contributed by atoms with van der Waals surface area (Å²) in [6.07, 6.45) is 4.95. The SMILES string of the molecule is COc1cccc(OC)c1C(=O)C(C(=O)OCC(C)C)C1CCCCC1.O=[PH2+]. The van der Waals surface area contributed by atoms with Gasteiger partial charge < -0.3 is 14.2 Å². The number of Topliss-reactive ketones (excluding diaryl/α,β-unsaturated/α-hetero) is 1. The first-order valence-corrected chi connectivity index (χ1v) is 10.1. The highest BCUT2D eigenvalue weighted by molar-refractivity contribution is 7.00. The molecular weight excluding hydrogens is 379 g/mol. The van der Waals surface area contributed by atoms with Gasteiger partial charge in [-0.3, -0.25) is 9.59 Å². The third kappa shape index (κ3) is 6.30. The minimum Gasteiger partial charge on any atom is -0.496 e. The topological polar surface area (TPSA) is 78.9 Å². The fourth-order valence-electron chi connectivity index (χ4n) is 3.57. The molecular formula is C21H32O6P+. The van der Waals surface area contributed by atoms with Crippen molar-refractivity contribution in [3.05, 3.63) is 23.8 Å². The lowest BCUT2D eigenvalue weighted by Gasteiger charge is -2.28. The van der Waals surface area contributed by atoms with Crippen LogP contribution < -0.4 is 9.47 Å². The van der Waals surface area contributed by atoms with Crippen LogP contribution in [0.2, 0.25) is 0 Å². The molecule has 1 saturated carbocycles. The highest BCUT2D eigenvalue weighted by Crippen LogP contribution is 2.37. The quantitative estimate of drug-likeness (QED) is 0.271. The number of benzene rings is 1. The summed E-state index contributed by atoms with van der Waals surface area (Å²) in [7, 11) is 4.19. The maximum absolute atomic E-state index is 13.4. The van der Waals surface area contributed by atoms with Crippen molar-refractivity contribution in [3.63, 3.8) is 0 Å². The summed E-state index contributed by atoms with van der Waals surface area (Å²) >= 11 is 0. The van der Waals surface area contributed by atoms with Gasteiger partial charge in [0.05, 0.1) is 20.8 Å². The van der Waals surface area contributed by atoms with Gasteiger partial charge in [0, 0.05) is 0 Å². The van der Waals surface area contributed by atoms with Gasteiger partial charge in [-0.15, -0.1) is 0 Å². The molecule has 0 bridgehead atoms. The van der Waals surface area contributed by atoms with Crippen molar-refractivity contribution in [2.24, 2.45) is 17.8 Å². The number of rotatable bonds is 8. The van der Waals surface area contributed by atoms with Crippen LogP contribution in [0.4, 0.5) is 0 Å². The average molecular weight is 411 g/mol. The highest BCUT2D eigenvalue weighted by atomic mass is 31.0. The largest absolute Gasteiger partial charge is 0.496 e. The lowest BCUT2D eigenvalue weighted by Crippen LogP contribution is -2.35. The molecule has 0 N–H and O–H groups in total. The van der Waals surface area contributed by atoms with Crippen molar-refractivity contribution in [1.29, 1.82) is 0 Å². The monoisotopic (exact) mass is 411 g/mol. The fourth-order valence-corrected chi connectivity index (χ4v) is 3.57. The van der Waals surface area contributed by atoms with E-state index in [1.807, 2.05) is 13.8 Å². The number of ether oxygens (including phenoxy) is 3. The van der Waals surface area contributed by atoms with Crippen molar-refractivity contribution >= 4 is 20.9 Å². The zero-order valence-corrected chi connectivity index (χ0v) is 18.4. The van der Waals surface area contributed by atoms with E-state index in [-0.39, 0.29) is 17.6 Å². The Labute approximate surface area is 169 Å².